The van der Waals surface area contributed by atoms with Crippen LogP contribution in [-0.2, 0) is 5.41 Å². The number of rotatable bonds is 6. The van der Waals surface area contributed by atoms with Crippen LogP contribution >= 0.6 is 0 Å². The van der Waals surface area contributed by atoms with E-state index in [2.05, 4.69) is 44.3 Å². The predicted molar refractivity (Wildman–Crippen MR) is 85.5 cm³/mol. The average molecular weight is 275 g/mol. The molecule has 0 spiro atoms. The van der Waals surface area contributed by atoms with Crippen LogP contribution in [0.5, 0.6) is 5.75 Å². The number of nitrogens with one attached hydrogen (secondary N) is 1. The van der Waals surface area contributed by atoms with Crippen LogP contribution in [0.1, 0.15) is 52.0 Å². The molecule has 0 aliphatic heterocycles. The molecule has 0 heterocycles. The van der Waals surface area contributed by atoms with Crippen molar-refractivity contribution in [1.82, 2.24) is 5.32 Å². The summed E-state index contributed by atoms with van der Waals surface area (Å²) in [6.07, 6.45) is 5.65. The average Bonchev–Trinajstić information content (AvgIpc) is 2.91. The molecule has 2 nitrogen and oxygen atoms in total. The van der Waals surface area contributed by atoms with E-state index in [0.29, 0.717) is 0 Å². The zero-order chi connectivity index (χ0) is 14.4. The largest absolute Gasteiger partial charge is 0.492 e. The molecule has 2 heteroatoms. The van der Waals surface area contributed by atoms with E-state index in [0.717, 1.165) is 31.4 Å². The summed E-state index contributed by atoms with van der Waals surface area (Å²) < 4.78 is 5.84. The Kier molecular flexibility index (Phi) is 5.47. The zero-order valence-electron chi connectivity index (χ0n) is 13.2. The van der Waals surface area contributed by atoms with Gasteiger partial charge in [-0.3, -0.25) is 0 Å². The summed E-state index contributed by atoms with van der Waals surface area (Å²) >= 11 is 0. The molecule has 0 aromatic heterocycles. The van der Waals surface area contributed by atoms with Crippen molar-refractivity contribution in [3.8, 4) is 5.75 Å². The molecule has 2 rings (SSSR count). The molecule has 0 saturated heterocycles. The highest BCUT2D eigenvalue weighted by Crippen LogP contribution is 2.25. The maximum Gasteiger partial charge on any atom is 0.119 e. The summed E-state index contributed by atoms with van der Waals surface area (Å²) in [5.74, 6) is 1.89. The van der Waals surface area contributed by atoms with Crippen molar-refractivity contribution >= 4 is 0 Å². The third kappa shape index (κ3) is 4.82. The quantitative estimate of drug-likeness (QED) is 0.788. The van der Waals surface area contributed by atoms with Crippen molar-refractivity contribution in [3.05, 3.63) is 29.8 Å². The Bertz CT molecular complexity index is 402. The minimum atomic E-state index is 0.181. The Balaban J connectivity index is 1.68. The van der Waals surface area contributed by atoms with Crippen LogP contribution in [0.2, 0.25) is 0 Å². The third-order valence-corrected chi connectivity index (χ3v) is 4.16. The molecule has 0 amide bonds. The van der Waals surface area contributed by atoms with Gasteiger partial charge in [0.05, 0.1) is 0 Å². The molecular weight excluding hydrogens is 246 g/mol. The number of hydrogen-bond donors (Lipinski definition) is 1. The molecule has 1 aliphatic carbocycles. The minimum Gasteiger partial charge on any atom is -0.492 e. The van der Waals surface area contributed by atoms with Gasteiger partial charge in [0, 0.05) is 6.54 Å². The van der Waals surface area contributed by atoms with Gasteiger partial charge < -0.3 is 10.1 Å². The van der Waals surface area contributed by atoms with Crippen molar-refractivity contribution in [2.75, 3.05) is 19.7 Å². The Morgan fingerprint density at radius 1 is 1.20 bits per heavy atom. The molecule has 1 aliphatic rings. The van der Waals surface area contributed by atoms with Gasteiger partial charge in [0.15, 0.2) is 0 Å². The number of benzene rings is 1. The van der Waals surface area contributed by atoms with Crippen LogP contribution in [-0.4, -0.2) is 19.7 Å². The summed E-state index contributed by atoms with van der Waals surface area (Å²) in [7, 11) is 0. The second-order valence-corrected chi connectivity index (χ2v) is 6.98. The lowest BCUT2D eigenvalue weighted by atomic mass is 9.87. The van der Waals surface area contributed by atoms with E-state index in [1.165, 1.54) is 31.2 Å². The Hall–Kier alpha value is -1.02. The summed E-state index contributed by atoms with van der Waals surface area (Å²) in [5.41, 5.74) is 1.51. The van der Waals surface area contributed by atoms with Gasteiger partial charge in [0.1, 0.15) is 12.4 Å². The van der Waals surface area contributed by atoms with Gasteiger partial charge in [0.2, 0.25) is 0 Å². The Morgan fingerprint density at radius 2 is 1.95 bits per heavy atom. The molecule has 1 saturated carbocycles. The van der Waals surface area contributed by atoms with Crippen LogP contribution in [0.15, 0.2) is 24.3 Å². The molecule has 1 N–H and O–H groups in total. The van der Waals surface area contributed by atoms with Gasteiger partial charge in [0.25, 0.3) is 0 Å². The molecule has 20 heavy (non-hydrogen) atoms. The molecule has 0 atom stereocenters. The fourth-order valence-corrected chi connectivity index (χ4v) is 2.81. The van der Waals surface area contributed by atoms with Crippen LogP contribution < -0.4 is 10.1 Å². The first-order valence-corrected chi connectivity index (χ1v) is 8.00. The molecule has 0 bridgehead atoms. The van der Waals surface area contributed by atoms with E-state index >= 15 is 0 Å². The van der Waals surface area contributed by atoms with Gasteiger partial charge in [-0.25, -0.2) is 0 Å². The van der Waals surface area contributed by atoms with Crippen LogP contribution in [0.3, 0.4) is 0 Å². The summed E-state index contributed by atoms with van der Waals surface area (Å²) in [4.78, 5) is 0. The highest BCUT2D eigenvalue weighted by atomic mass is 16.5. The maximum atomic E-state index is 5.84. The molecular formula is C18H29NO. The van der Waals surface area contributed by atoms with Gasteiger partial charge in [-0.1, -0.05) is 45.7 Å². The fourth-order valence-electron chi connectivity index (χ4n) is 2.81. The number of hydrogen-bond acceptors (Lipinski definition) is 2. The van der Waals surface area contributed by atoms with Crippen LogP contribution in [0.25, 0.3) is 0 Å². The van der Waals surface area contributed by atoms with Crippen molar-refractivity contribution in [3.63, 3.8) is 0 Å². The smallest absolute Gasteiger partial charge is 0.119 e. The zero-order valence-corrected chi connectivity index (χ0v) is 13.2. The van der Waals surface area contributed by atoms with Crippen LogP contribution in [0, 0.1) is 5.92 Å². The SMILES string of the molecule is CC(C)(C)c1cccc(OCCNCC2CCCC2)c1. The Morgan fingerprint density at radius 3 is 2.65 bits per heavy atom. The first-order valence-electron chi connectivity index (χ1n) is 8.00. The molecule has 112 valence electrons. The summed E-state index contributed by atoms with van der Waals surface area (Å²) in [6, 6.07) is 8.47. The normalized spacial score (nSPS) is 16.6. The van der Waals surface area contributed by atoms with Crippen molar-refractivity contribution in [2.24, 2.45) is 5.92 Å². The van der Waals surface area contributed by atoms with E-state index in [1.807, 2.05) is 6.07 Å². The molecule has 0 radical (unpaired) electrons. The lowest BCUT2D eigenvalue weighted by Gasteiger charge is -2.20. The fraction of sp³-hybridized carbons (Fsp3) is 0.667. The second-order valence-electron chi connectivity index (χ2n) is 6.98. The molecule has 0 unspecified atom stereocenters. The highest BCUT2D eigenvalue weighted by molar-refractivity contribution is 5.32. The lowest BCUT2D eigenvalue weighted by Crippen LogP contribution is -2.26. The highest BCUT2D eigenvalue weighted by Gasteiger charge is 2.14. The maximum absolute atomic E-state index is 5.84. The van der Waals surface area contributed by atoms with Crippen molar-refractivity contribution in [1.29, 1.82) is 0 Å². The molecule has 1 aromatic carbocycles. The van der Waals surface area contributed by atoms with Crippen molar-refractivity contribution < 1.29 is 4.74 Å². The predicted octanol–water partition coefficient (Wildman–Crippen LogP) is 4.14. The number of ether oxygens (including phenoxy) is 1. The van der Waals surface area contributed by atoms with Gasteiger partial charge in [-0.2, -0.15) is 0 Å². The van der Waals surface area contributed by atoms with Gasteiger partial charge in [-0.05, 0) is 48.4 Å². The van der Waals surface area contributed by atoms with E-state index in [9.17, 15) is 0 Å². The van der Waals surface area contributed by atoms with E-state index in [-0.39, 0.29) is 5.41 Å². The second kappa shape index (κ2) is 7.12. The lowest BCUT2D eigenvalue weighted by molar-refractivity contribution is 0.308. The topological polar surface area (TPSA) is 21.3 Å². The molecule has 1 fully saturated rings. The van der Waals surface area contributed by atoms with E-state index < -0.39 is 0 Å². The van der Waals surface area contributed by atoms with E-state index in [1.54, 1.807) is 0 Å². The third-order valence-electron chi connectivity index (χ3n) is 4.16. The van der Waals surface area contributed by atoms with E-state index in [4.69, 9.17) is 4.74 Å². The first-order chi connectivity index (χ1) is 9.55. The first kappa shape index (κ1) is 15.4. The summed E-state index contributed by atoms with van der Waals surface area (Å²) in [6.45, 7) is 9.54. The van der Waals surface area contributed by atoms with Gasteiger partial charge >= 0.3 is 0 Å². The minimum absolute atomic E-state index is 0.181. The summed E-state index contributed by atoms with van der Waals surface area (Å²) in [5, 5.41) is 3.52. The standard InChI is InChI=1S/C18H29NO/c1-18(2,3)16-9-6-10-17(13-16)20-12-11-19-14-15-7-4-5-8-15/h6,9-10,13,15,19H,4-5,7-8,11-12,14H2,1-3H3. The van der Waals surface area contributed by atoms with Gasteiger partial charge in [-0.15, -0.1) is 0 Å². The molecule has 1 aromatic rings. The Labute approximate surface area is 123 Å². The van der Waals surface area contributed by atoms with Crippen molar-refractivity contribution in [2.45, 2.75) is 51.9 Å². The monoisotopic (exact) mass is 275 g/mol. The van der Waals surface area contributed by atoms with Crippen LogP contribution in [0.4, 0.5) is 0 Å².